The number of ether oxygens (including phenoxy) is 2. The van der Waals surface area contributed by atoms with Crippen LogP contribution in [0.15, 0.2) is 0 Å². The first-order chi connectivity index (χ1) is 8.31. The van der Waals surface area contributed by atoms with Gasteiger partial charge in [-0.15, -0.1) is 0 Å². The number of carbonyl (C=O) groups is 1. The monoisotopic (exact) mass is 275 g/mol. The molecule has 0 atom stereocenters. The summed E-state index contributed by atoms with van der Waals surface area (Å²) in [6.07, 6.45) is 0.216. The first kappa shape index (κ1) is 18.2. The molecule has 0 bridgehead atoms. The second-order valence-electron chi connectivity index (χ2n) is 7.04. The lowest BCUT2D eigenvalue weighted by molar-refractivity contribution is -0.0935. The molecule has 5 heteroatoms. The predicted molar refractivity (Wildman–Crippen MR) is 75.2 cm³/mol. The van der Waals surface area contributed by atoms with Crippen LogP contribution < -0.4 is 5.32 Å². The molecule has 0 aliphatic heterocycles. The molecule has 0 rings (SSSR count). The van der Waals surface area contributed by atoms with E-state index in [1.54, 1.807) is 13.8 Å². The van der Waals surface area contributed by atoms with E-state index in [2.05, 4.69) is 5.32 Å². The van der Waals surface area contributed by atoms with Crippen LogP contribution in [0.4, 0.5) is 4.79 Å². The molecule has 0 aliphatic rings. The topological polar surface area (TPSA) is 67.8 Å². The van der Waals surface area contributed by atoms with E-state index < -0.39 is 22.9 Å². The maximum absolute atomic E-state index is 11.4. The minimum Gasteiger partial charge on any atom is -0.444 e. The Morgan fingerprint density at radius 1 is 1.11 bits per heavy atom. The molecule has 0 fully saturated rings. The van der Waals surface area contributed by atoms with Crippen LogP contribution in [0.25, 0.3) is 0 Å². The Morgan fingerprint density at radius 2 is 1.63 bits per heavy atom. The minimum atomic E-state index is -0.851. The van der Waals surface area contributed by atoms with Crippen molar-refractivity contribution in [1.82, 2.24) is 5.32 Å². The summed E-state index contributed by atoms with van der Waals surface area (Å²) in [6, 6.07) is 0. The van der Waals surface area contributed by atoms with Gasteiger partial charge >= 0.3 is 6.09 Å². The minimum absolute atomic E-state index is 0.256. The van der Waals surface area contributed by atoms with Crippen molar-refractivity contribution in [2.24, 2.45) is 0 Å². The molecule has 0 saturated heterocycles. The van der Waals surface area contributed by atoms with Crippen molar-refractivity contribution in [3.8, 4) is 0 Å². The van der Waals surface area contributed by atoms with Gasteiger partial charge in [-0.05, 0) is 54.9 Å². The van der Waals surface area contributed by atoms with Gasteiger partial charge in [0.05, 0.1) is 17.8 Å². The lowest BCUT2D eigenvalue weighted by Gasteiger charge is -2.29. The molecule has 2 N–H and O–H groups in total. The highest BCUT2D eigenvalue weighted by Crippen LogP contribution is 2.16. The zero-order valence-electron chi connectivity index (χ0n) is 13.3. The van der Waals surface area contributed by atoms with Crippen molar-refractivity contribution in [2.75, 3.05) is 13.2 Å². The molecule has 0 aromatic heterocycles. The number of aliphatic hydroxyl groups is 1. The molecule has 0 heterocycles. The Hall–Kier alpha value is -0.810. The fourth-order valence-electron chi connectivity index (χ4n) is 1.22. The summed E-state index contributed by atoms with van der Waals surface area (Å²) in [5.41, 5.74) is -1.75. The number of nitrogens with one attached hydrogen (secondary N) is 1. The highest BCUT2D eigenvalue weighted by atomic mass is 16.6. The van der Waals surface area contributed by atoms with E-state index in [1.165, 1.54) is 0 Å². The number of alkyl carbamates (subject to hydrolysis) is 1. The van der Waals surface area contributed by atoms with Crippen LogP contribution in [0.5, 0.6) is 0 Å². The number of hydrogen-bond acceptors (Lipinski definition) is 4. The van der Waals surface area contributed by atoms with Gasteiger partial charge in [-0.25, -0.2) is 4.79 Å². The summed E-state index contributed by atoms with van der Waals surface area (Å²) in [5.74, 6) is 0. The Bertz CT molecular complexity index is 287. The van der Waals surface area contributed by atoms with Crippen molar-refractivity contribution in [1.29, 1.82) is 0 Å². The highest BCUT2D eigenvalue weighted by molar-refractivity contribution is 5.67. The Labute approximate surface area is 116 Å². The molecule has 0 radical (unpaired) electrons. The largest absolute Gasteiger partial charge is 0.444 e. The highest BCUT2D eigenvalue weighted by Gasteiger charge is 2.23. The van der Waals surface area contributed by atoms with Gasteiger partial charge in [0.1, 0.15) is 5.60 Å². The van der Waals surface area contributed by atoms with Gasteiger partial charge in [0, 0.05) is 6.54 Å². The third-order valence-corrected chi connectivity index (χ3v) is 2.21. The van der Waals surface area contributed by atoms with Gasteiger partial charge in [-0.3, -0.25) is 0 Å². The zero-order valence-corrected chi connectivity index (χ0v) is 13.3. The summed E-state index contributed by atoms with van der Waals surface area (Å²) in [5, 5.41) is 12.3. The SMILES string of the molecule is CC(C)(O)COC(C)(C)CCNC(=O)OC(C)(C)C. The average molecular weight is 275 g/mol. The van der Waals surface area contributed by atoms with Crippen LogP contribution >= 0.6 is 0 Å². The quantitative estimate of drug-likeness (QED) is 0.781. The first-order valence-electron chi connectivity index (χ1n) is 6.64. The fourth-order valence-corrected chi connectivity index (χ4v) is 1.22. The van der Waals surface area contributed by atoms with Crippen molar-refractivity contribution in [2.45, 2.75) is 71.7 Å². The van der Waals surface area contributed by atoms with Gasteiger partial charge in [-0.1, -0.05) is 0 Å². The maximum atomic E-state index is 11.4. The molecule has 0 aromatic carbocycles. The molecule has 5 nitrogen and oxygen atoms in total. The van der Waals surface area contributed by atoms with Gasteiger partial charge in [0.2, 0.25) is 0 Å². The van der Waals surface area contributed by atoms with Crippen LogP contribution in [0.3, 0.4) is 0 Å². The molecular weight excluding hydrogens is 246 g/mol. The van der Waals surface area contributed by atoms with E-state index in [4.69, 9.17) is 9.47 Å². The lowest BCUT2D eigenvalue weighted by Crippen LogP contribution is -2.38. The lowest BCUT2D eigenvalue weighted by atomic mass is 10.0. The van der Waals surface area contributed by atoms with Gasteiger partial charge < -0.3 is 19.9 Å². The van der Waals surface area contributed by atoms with Gasteiger partial charge in [-0.2, -0.15) is 0 Å². The fraction of sp³-hybridized carbons (Fsp3) is 0.929. The average Bonchev–Trinajstić information content (AvgIpc) is 2.10. The summed E-state index contributed by atoms with van der Waals surface area (Å²) in [7, 11) is 0. The third kappa shape index (κ3) is 12.0. The molecule has 1 amide bonds. The number of carbonyl (C=O) groups excluding carboxylic acids is 1. The number of amides is 1. The second kappa shape index (κ2) is 6.57. The standard InChI is InChI=1S/C14H29NO4/c1-12(2,3)19-11(16)15-9-8-14(6,7)18-10-13(4,5)17/h17H,8-10H2,1-7H3,(H,15,16). The normalized spacial score (nSPS) is 13.3. The van der Waals surface area contributed by atoms with Gasteiger partial charge in [0.15, 0.2) is 0 Å². The molecule has 0 aliphatic carbocycles. The molecule has 19 heavy (non-hydrogen) atoms. The Balaban J connectivity index is 3.95. The van der Waals surface area contributed by atoms with E-state index in [0.717, 1.165) is 0 Å². The molecule has 0 unspecified atom stereocenters. The van der Waals surface area contributed by atoms with E-state index in [1.807, 2.05) is 34.6 Å². The van der Waals surface area contributed by atoms with E-state index >= 15 is 0 Å². The zero-order chi connectivity index (χ0) is 15.3. The van der Waals surface area contributed by atoms with Crippen molar-refractivity contribution in [3.63, 3.8) is 0 Å². The van der Waals surface area contributed by atoms with Crippen molar-refractivity contribution in [3.05, 3.63) is 0 Å². The molecular formula is C14H29NO4. The molecule has 0 spiro atoms. The molecule has 0 saturated carbocycles. The number of hydrogen-bond donors (Lipinski definition) is 2. The molecule has 114 valence electrons. The smallest absolute Gasteiger partial charge is 0.407 e. The van der Waals surface area contributed by atoms with Crippen LogP contribution in [0.2, 0.25) is 0 Å². The summed E-state index contributed by atoms with van der Waals surface area (Å²) in [4.78, 5) is 11.4. The molecule has 0 aromatic rings. The Kier molecular flexibility index (Phi) is 6.29. The summed E-state index contributed by atoms with van der Waals surface area (Å²) < 4.78 is 10.8. The van der Waals surface area contributed by atoms with Gasteiger partial charge in [0.25, 0.3) is 0 Å². The van der Waals surface area contributed by atoms with E-state index in [-0.39, 0.29) is 6.61 Å². The second-order valence-corrected chi connectivity index (χ2v) is 7.04. The van der Waals surface area contributed by atoms with E-state index in [9.17, 15) is 9.90 Å². The number of rotatable bonds is 6. The van der Waals surface area contributed by atoms with Crippen LogP contribution in [0.1, 0.15) is 54.9 Å². The third-order valence-electron chi connectivity index (χ3n) is 2.21. The predicted octanol–water partition coefficient (Wildman–Crippen LogP) is 2.47. The summed E-state index contributed by atoms with van der Waals surface area (Å²) >= 11 is 0. The summed E-state index contributed by atoms with van der Waals surface area (Å²) in [6.45, 7) is 13.4. The van der Waals surface area contributed by atoms with Crippen molar-refractivity contribution < 1.29 is 19.4 Å². The van der Waals surface area contributed by atoms with Crippen LogP contribution in [-0.4, -0.2) is 41.2 Å². The Morgan fingerprint density at radius 3 is 2.05 bits per heavy atom. The van der Waals surface area contributed by atoms with Crippen LogP contribution in [0, 0.1) is 0 Å². The first-order valence-corrected chi connectivity index (χ1v) is 6.64. The van der Waals surface area contributed by atoms with E-state index in [0.29, 0.717) is 13.0 Å². The van der Waals surface area contributed by atoms with Crippen molar-refractivity contribution >= 4 is 6.09 Å². The maximum Gasteiger partial charge on any atom is 0.407 e. The van der Waals surface area contributed by atoms with Crippen LogP contribution in [-0.2, 0) is 9.47 Å².